The van der Waals surface area contributed by atoms with Gasteiger partial charge in [0.25, 0.3) is 0 Å². The summed E-state index contributed by atoms with van der Waals surface area (Å²) in [5.41, 5.74) is 5.63. The predicted molar refractivity (Wildman–Crippen MR) is 127 cm³/mol. The molecule has 2 aliphatic rings. The molecule has 2 amide bonds. The van der Waals surface area contributed by atoms with Gasteiger partial charge in [-0.1, -0.05) is 53.6 Å². The summed E-state index contributed by atoms with van der Waals surface area (Å²) >= 11 is 0. The smallest absolute Gasteiger partial charge is 0.407 e. The summed E-state index contributed by atoms with van der Waals surface area (Å²) < 4.78 is 5.22. The fourth-order valence-electron chi connectivity index (χ4n) is 4.03. The predicted octanol–water partition coefficient (Wildman–Crippen LogP) is 4.31. The Kier molecular flexibility index (Phi) is 7.56. The molecule has 0 spiro atoms. The van der Waals surface area contributed by atoms with Gasteiger partial charge in [0.2, 0.25) is 5.91 Å². The van der Waals surface area contributed by atoms with E-state index in [1.807, 2.05) is 4.90 Å². The van der Waals surface area contributed by atoms with Crippen LogP contribution in [0.5, 0.6) is 0 Å². The van der Waals surface area contributed by atoms with Crippen molar-refractivity contribution in [2.24, 2.45) is 0 Å². The van der Waals surface area contributed by atoms with Crippen LogP contribution < -0.4 is 5.32 Å². The second-order valence-corrected chi connectivity index (χ2v) is 9.44. The fraction of sp³-hybridized carbons (Fsp3) is 0.462. The van der Waals surface area contributed by atoms with Gasteiger partial charge in [0.05, 0.1) is 12.6 Å². The molecule has 6 nitrogen and oxygen atoms in total. The molecule has 2 N–H and O–H groups in total. The normalized spacial score (nSPS) is 17.3. The van der Waals surface area contributed by atoms with Crippen molar-refractivity contribution in [3.05, 3.63) is 58.7 Å². The highest BCUT2D eigenvalue weighted by molar-refractivity contribution is 5.85. The Hall–Kier alpha value is -2.86. The minimum Gasteiger partial charge on any atom is -0.444 e. The molecule has 1 aromatic carbocycles. The van der Waals surface area contributed by atoms with Crippen LogP contribution in [0.2, 0.25) is 0 Å². The average molecular weight is 439 g/mol. The number of nitrogens with one attached hydrogen (secondary N) is 1. The number of hydrogen-bond donors (Lipinski definition) is 2. The van der Waals surface area contributed by atoms with Crippen LogP contribution in [0.25, 0.3) is 11.6 Å². The molecule has 1 atom stereocenters. The van der Waals surface area contributed by atoms with E-state index in [2.05, 4.69) is 54.7 Å². The number of carbonyl (C=O) groups excluding carboxylic acids is 2. The molecule has 1 aliphatic heterocycles. The van der Waals surface area contributed by atoms with Crippen LogP contribution in [-0.4, -0.2) is 53.3 Å². The van der Waals surface area contributed by atoms with Gasteiger partial charge in [0.1, 0.15) is 5.60 Å². The lowest BCUT2D eigenvalue weighted by molar-refractivity contribution is -0.132. The first-order chi connectivity index (χ1) is 15.2. The number of hydrogen-bond acceptors (Lipinski definition) is 4. The first kappa shape index (κ1) is 23.8. The largest absolute Gasteiger partial charge is 0.444 e. The summed E-state index contributed by atoms with van der Waals surface area (Å²) in [7, 11) is 0. The summed E-state index contributed by atoms with van der Waals surface area (Å²) in [6.45, 7) is 8.35. The van der Waals surface area contributed by atoms with Crippen molar-refractivity contribution in [3.63, 3.8) is 0 Å². The summed E-state index contributed by atoms with van der Waals surface area (Å²) in [6.07, 6.45) is 7.57. The summed E-state index contributed by atoms with van der Waals surface area (Å²) in [4.78, 5) is 26.6. The lowest BCUT2D eigenvalue weighted by Gasteiger charge is -2.31. The first-order valence-electron chi connectivity index (χ1n) is 11.2. The molecule has 0 radical (unpaired) electrons. The van der Waals surface area contributed by atoms with E-state index < -0.39 is 17.7 Å². The topological polar surface area (TPSA) is 78.9 Å². The van der Waals surface area contributed by atoms with Crippen molar-refractivity contribution < 1.29 is 19.4 Å². The Morgan fingerprint density at radius 2 is 1.84 bits per heavy atom. The molecule has 0 bridgehead atoms. The molecule has 1 aromatic rings. The average Bonchev–Trinajstić information content (AvgIpc) is 2.91. The monoisotopic (exact) mass is 438 g/mol. The number of amides is 2. The second kappa shape index (κ2) is 10.2. The van der Waals surface area contributed by atoms with Crippen LogP contribution >= 0.6 is 0 Å². The molecule has 1 heterocycles. The van der Waals surface area contributed by atoms with Gasteiger partial charge >= 0.3 is 6.09 Å². The van der Waals surface area contributed by atoms with Gasteiger partial charge in [-0.05, 0) is 57.2 Å². The Balaban J connectivity index is 1.63. The Bertz CT molecular complexity index is 943. The minimum atomic E-state index is -0.664. The number of benzene rings is 1. The molecule has 0 saturated carbocycles. The maximum atomic E-state index is 12.8. The summed E-state index contributed by atoms with van der Waals surface area (Å²) in [5, 5.41) is 12.2. The SMILES string of the molecule is CC1=CC(=C2CCN(C(=O)C[C@H](CO)NC(=O)OC(C)(C)C)CC2)c2ccccc2C=C1. The van der Waals surface area contributed by atoms with E-state index in [-0.39, 0.29) is 18.9 Å². The number of nitrogens with zero attached hydrogens (tertiary/aromatic N) is 1. The molecule has 32 heavy (non-hydrogen) atoms. The third-order valence-electron chi connectivity index (χ3n) is 5.61. The zero-order valence-electron chi connectivity index (χ0n) is 19.5. The molecule has 3 rings (SSSR count). The highest BCUT2D eigenvalue weighted by Crippen LogP contribution is 2.33. The van der Waals surface area contributed by atoms with Crippen molar-refractivity contribution in [1.82, 2.24) is 10.2 Å². The molecule has 172 valence electrons. The van der Waals surface area contributed by atoms with Crippen LogP contribution in [0.1, 0.15) is 58.1 Å². The van der Waals surface area contributed by atoms with Crippen molar-refractivity contribution in [2.75, 3.05) is 19.7 Å². The zero-order chi connectivity index (χ0) is 23.3. The Labute approximate surface area is 190 Å². The minimum absolute atomic E-state index is 0.0490. The number of carbonyl (C=O) groups is 2. The molecule has 6 heteroatoms. The lowest BCUT2D eigenvalue weighted by atomic mass is 9.90. The van der Waals surface area contributed by atoms with E-state index >= 15 is 0 Å². The summed E-state index contributed by atoms with van der Waals surface area (Å²) in [6, 6.07) is 7.73. The van der Waals surface area contributed by atoms with E-state index in [0.29, 0.717) is 13.1 Å². The van der Waals surface area contributed by atoms with E-state index in [4.69, 9.17) is 4.74 Å². The van der Waals surface area contributed by atoms with Crippen molar-refractivity contribution in [1.29, 1.82) is 0 Å². The highest BCUT2D eigenvalue weighted by Gasteiger charge is 2.26. The van der Waals surface area contributed by atoms with Crippen LogP contribution in [0.15, 0.2) is 47.6 Å². The van der Waals surface area contributed by atoms with Crippen LogP contribution in [0.3, 0.4) is 0 Å². The Morgan fingerprint density at radius 1 is 1.16 bits per heavy atom. The third-order valence-corrected chi connectivity index (χ3v) is 5.61. The van der Waals surface area contributed by atoms with Crippen molar-refractivity contribution >= 4 is 23.6 Å². The van der Waals surface area contributed by atoms with Crippen molar-refractivity contribution in [2.45, 2.75) is 58.6 Å². The maximum Gasteiger partial charge on any atom is 0.407 e. The van der Waals surface area contributed by atoms with Gasteiger partial charge < -0.3 is 20.1 Å². The number of piperidine rings is 1. The molecule has 1 aliphatic carbocycles. The molecule has 0 aromatic heterocycles. The number of fused-ring (bicyclic) bond motifs is 1. The molecular weight excluding hydrogens is 404 g/mol. The van der Waals surface area contributed by atoms with Crippen LogP contribution in [0, 0.1) is 0 Å². The van der Waals surface area contributed by atoms with Crippen LogP contribution in [0.4, 0.5) is 4.79 Å². The van der Waals surface area contributed by atoms with Gasteiger partial charge in [-0.25, -0.2) is 4.79 Å². The number of allylic oxidation sites excluding steroid dienone is 4. The number of aliphatic hydroxyl groups excluding tert-OH is 1. The number of rotatable bonds is 4. The van der Waals surface area contributed by atoms with Gasteiger partial charge in [0.15, 0.2) is 0 Å². The van der Waals surface area contributed by atoms with Gasteiger partial charge in [-0.15, -0.1) is 0 Å². The summed E-state index contributed by atoms with van der Waals surface area (Å²) in [5.74, 6) is -0.0705. The molecule has 1 fully saturated rings. The third kappa shape index (κ3) is 6.33. The number of alkyl carbamates (subject to hydrolysis) is 1. The molecular formula is C26H34N2O4. The Morgan fingerprint density at radius 3 is 2.50 bits per heavy atom. The fourth-order valence-corrected chi connectivity index (χ4v) is 4.03. The van der Waals surface area contributed by atoms with Gasteiger partial charge in [0, 0.05) is 19.5 Å². The second-order valence-electron chi connectivity index (χ2n) is 9.44. The van der Waals surface area contributed by atoms with Gasteiger partial charge in [-0.3, -0.25) is 4.79 Å². The molecule has 0 unspecified atom stereocenters. The highest BCUT2D eigenvalue weighted by atomic mass is 16.6. The van der Waals surface area contributed by atoms with Crippen LogP contribution in [-0.2, 0) is 9.53 Å². The van der Waals surface area contributed by atoms with E-state index in [0.717, 1.165) is 12.8 Å². The standard InChI is InChI=1S/C26H34N2O4/c1-18-9-10-19-7-5-6-8-22(19)23(15-18)20-11-13-28(14-12-20)24(30)16-21(17-29)27-25(31)32-26(2,3)4/h5-10,15,21,29H,11-14,16-17H2,1-4H3,(H,27,31)/t21-/m1/s1. The van der Waals surface area contributed by atoms with E-state index in [1.165, 1.54) is 27.8 Å². The maximum absolute atomic E-state index is 12.8. The number of ether oxygens (including phenoxy) is 1. The quantitative estimate of drug-likeness (QED) is 0.734. The van der Waals surface area contributed by atoms with Crippen molar-refractivity contribution in [3.8, 4) is 0 Å². The molecule has 1 saturated heterocycles. The van der Waals surface area contributed by atoms with E-state index in [9.17, 15) is 14.7 Å². The number of likely N-dealkylation sites (tertiary alicyclic amines) is 1. The first-order valence-corrected chi connectivity index (χ1v) is 11.2. The van der Waals surface area contributed by atoms with Gasteiger partial charge in [-0.2, -0.15) is 0 Å². The van der Waals surface area contributed by atoms with E-state index in [1.54, 1.807) is 20.8 Å². The number of aliphatic hydroxyl groups is 1. The lowest BCUT2D eigenvalue weighted by Crippen LogP contribution is -2.45. The zero-order valence-corrected chi connectivity index (χ0v) is 19.5.